The van der Waals surface area contributed by atoms with E-state index in [9.17, 15) is 4.79 Å². The van der Waals surface area contributed by atoms with Crippen LogP contribution in [-0.4, -0.2) is 11.5 Å². The fourth-order valence-corrected chi connectivity index (χ4v) is 1.30. The number of rotatable bonds is 0. The number of amides is 1. The van der Waals surface area contributed by atoms with Gasteiger partial charge in [-0.05, 0) is 26.0 Å². The van der Waals surface area contributed by atoms with E-state index in [2.05, 4.69) is 5.32 Å². The van der Waals surface area contributed by atoms with Crippen molar-refractivity contribution in [3.8, 4) is 5.75 Å². The Kier molecular flexibility index (Phi) is 1.67. The number of nitrogens with one attached hydrogen (secondary N) is 2. The van der Waals surface area contributed by atoms with E-state index < -0.39 is 5.60 Å². The summed E-state index contributed by atoms with van der Waals surface area (Å²) in [5.41, 5.74) is 7.56. The first-order valence-electron chi connectivity index (χ1n) is 4.35. The third-order valence-electron chi connectivity index (χ3n) is 2.14. The molecule has 14 heavy (non-hydrogen) atoms. The predicted octanol–water partition coefficient (Wildman–Crippen LogP) is 1.71. The van der Waals surface area contributed by atoms with Crippen LogP contribution in [0.4, 0.5) is 11.4 Å². The van der Waals surface area contributed by atoms with Gasteiger partial charge < -0.3 is 15.8 Å². The Morgan fingerprint density at radius 2 is 2.14 bits per heavy atom. The van der Waals surface area contributed by atoms with Crippen LogP contribution in [0.2, 0.25) is 0 Å². The second-order valence-electron chi connectivity index (χ2n) is 3.78. The van der Waals surface area contributed by atoms with Crippen LogP contribution in [0.1, 0.15) is 13.8 Å². The zero-order valence-electron chi connectivity index (χ0n) is 8.05. The van der Waals surface area contributed by atoms with Crippen molar-refractivity contribution in [3.05, 3.63) is 18.2 Å². The predicted molar refractivity (Wildman–Crippen MR) is 52.5 cm³/mol. The quantitative estimate of drug-likeness (QED) is 0.678. The van der Waals surface area contributed by atoms with Crippen molar-refractivity contribution in [2.75, 3.05) is 5.32 Å². The highest BCUT2D eigenvalue weighted by molar-refractivity contribution is 6.00. The Morgan fingerprint density at radius 3 is 2.86 bits per heavy atom. The van der Waals surface area contributed by atoms with Crippen LogP contribution >= 0.6 is 0 Å². The maximum absolute atomic E-state index is 11.5. The summed E-state index contributed by atoms with van der Waals surface area (Å²) in [5.74, 6) is 0.393. The van der Waals surface area contributed by atoms with Gasteiger partial charge in [-0.25, -0.2) is 0 Å². The second-order valence-corrected chi connectivity index (χ2v) is 3.78. The number of carbonyl (C=O) groups is 1. The zero-order valence-corrected chi connectivity index (χ0v) is 8.05. The van der Waals surface area contributed by atoms with Gasteiger partial charge in [-0.2, -0.15) is 0 Å². The van der Waals surface area contributed by atoms with Gasteiger partial charge in [0.05, 0.1) is 11.4 Å². The molecule has 2 rings (SSSR count). The Morgan fingerprint density at radius 1 is 1.43 bits per heavy atom. The highest BCUT2D eigenvalue weighted by atomic mass is 16.5. The van der Waals surface area contributed by atoms with Crippen molar-refractivity contribution in [1.29, 1.82) is 0 Å². The largest absolute Gasteiger partial charge is 0.476 e. The molecule has 0 saturated heterocycles. The maximum atomic E-state index is 11.5. The molecule has 1 heterocycles. The van der Waals surface area contributed by atoms with E-state index in [1.165, 1.54) is 0 Å². The number of fused-ring (bicyclic) bond motifs is 1. The molecule has 4 heteroatoms. The lowest BCUT2D eigenvalue weighted by Crippen LogP contribution is -2.45. The summed E-state index contributed by atoms with van der Waals surface area (Å²) in [6.07, 6.45) is 0. The van der Waals surface area contributed by atoms with Crippen LogP contribution in [0.5, 0.6) is 5.75 Å². The molecular formula is C10H11N2O2. The van der Waals surface area contributed by atoms with Gasteiger partial charge in [0.25, 0.3) is 5.91 Å². The van der Waals surface area contributed by atoms with Gasteiger partial charge in [0.2, 0.25) is 0 Å². The number of benzene rings is 1. The van der Waals surface area contributed by atoms with Crippen LogP contribution in [0.3, 0.4) is 0 Å². The highest BCUT2D eigenvalue weighted by Gasteiger charge is 2.35. The molecule has 0 spiro atoms. The average molecular weight is 191 g/mol. The summed E-state index contributed by atoms with van der Waals surface area (Å²) < 4.78 is 5.48. The normalized spacial score (nSPS) is 18.0. The molecule has 1 amide bonds. The van der Waals surface area contributed by atoms with Crippen molar-refractivity contribution in [1.82, 2.24) is 5.73 Å². The van der Waals surface area contributed by atoms with Gasteiger partial charge in [0, 0.05) is 6.07 Å². The number of hydrogen-bond acceptors (Lipinski definition) is 2. The summed E-state index contributed by atoms with van der Waals surface area (Å²) in [4.78, 5) is 11.5. The Balaban J connectivity index is 2.46. The monoisotopic (exact) mass is 191 g/mol. The zero-order chi connectivity index (χ0) is 10.3. The van der Waals surface area contributed by atoms with Crippen LogP contribution in [0, 0.1) is 0 Å². The Hall–Kier alpha value is -1.71. The van der Waals surface area contributed by atoms with Gasteiger partial charge in [-0.15, -0.1) is 0 Å². The molecule has 1 radical (unpaired) electrons. The molecule has 0 atom stereocenters. The van der Waals surface area contributed by atoms with E-state index in [1.54, 1.807) is 32.0 Å². The van der Waals surface area contributed by atoms with Gasteiger partial charge >= 0.3 is 0 Å². The molecule has 1 aromatic rings. The van der Waals surface area contributed by atoms with Gasteiger partial charge in [0.15, 0.2) is 5.60 Å². The van der Waals surface area contributed by atoms with Gasteiger partial charge in [-0.1, -0.05) is 0 Å². The molecule has 0 unspecified atom stereocenters. The second kappa shape index (κ2) is 2.64. The molecule has 4 nitrogen and oxygen atoms in total. The van der Waals surface area contributed by atoms with Gasteiger partial charge in [0.1, 0.15) is 5.75 Å². The number of anilines is 1. The van der Waals surface area contributed by atoms with Crippen LogP contribution < -0.4 is 15.8 Å². The van der Waals surface area contributed by atoms with E-state index in [0.29, 0.717) is 17.1 Å². The minimum atomic E-state index is -0.860. The van der Waals surface area contributed by atoms with Crippen molar-refractivity contribution < 1.29 is 9.53 Å². The van der Waals surface area contributed by atoms with Crippen LogP contribution in [0.15, 0.2) is 18.2 Å². The molecule has 0 bridgehead atoms. The van der Waals surface area contributed by atoms with E-state index in [1.807, 2.05) is 0 Å². The number of carbonyl (C=O) groups excluding carboxylic acids is 1. The fraction of sp³-hybridized carbons (Fsp3) is 0.300. The van der Waals surface area contributed by atoms with Crippen molar-refractivity contribution in [2.45, 2.75) is 19.4 Å². The minimum absolute atomic E-state index is 0.164. The van der Waals surface area contributed by atoms with E-state index in [4.69, 9.17) is 10.5 Å². The molecule has 1 aromatic carbocycles. The maximum Gasteiger partial charge on any atom is 0.268 e. The first-order valence-corrected chi connectivity index (χ1v) is 4.35. The first kappa shape index (κ1) is 8.87. The molecule has 1 aliphatic heterocycles. The smallest absolute Gasteiger partial charge is 0.268 e. The summed E-state index contributed by atoms with van der Waals surface area (Å²) in [5, 5.41) is 2.73. The van der Waals surface area contributed by atoms with Gasteiger partial charge in [-0.3, -0.25) is 4.79 Å². The van der Waals surface area contributed by atoms with E-state index in [0.717, 1.165) is 0 Å². The lowest BCUT2D eigenvalue weighted by molar-refractivity contribution is -0.129. The Labute approximate surface area is 82.1 Å². The topological polar surface area (TPSA) is 62.1 Å². The minimum Gasteiger partial charge on any atom is -0.476 e. The van der Waals surface area contributed by atoms with E-state index in [-0.39, 0.29) is 5.91 Å². The van der Waals surface area contributed by atoms with E-state index >= 15 is 0 Å². The molecule has 0 aliphatic carbocycles. The third-order valence-corrected chi connectivity index (χ3v) is 2.14. The third kappa shape index (κ3) is 1.28. The van der Waals surface area contributed by atoms with Crippen LogP contribution in [0.25, 0.3) is 0 Å². The fourth-order valence-electron chi connectivity index (χ4n) is 1.30. The lowest BCUT2D eigenvalue weighted by Gasteiger charge is -2.31. The standard InChI is InChI=1S/C10H11N2O2/c1-10(2)9(13)12-7-4-3-6(11)5-8(7)14-10/h3-5,11H,1-2H3,(H,12,13). The van der Waals surface area contributed by atoms with Crippen molar-refractivity contribution in [3.63, 3.8) is 0 Å². The van der Waals surface area contributed by atoms with Crippen molar-refractivity contribution in [2.24, 2.45) is 0 Å². The Bertz CT molecular complexity index is 399. The summed E-state index contributed by atoms with van der Waals surface area (Å²) in [6.45, 7) is 3.39. The molecule has 1 aliphatic rings. The SMILES string of the molecule is CC1(C)Oc2cc([NH])ccc2NC1=O. The summed E-state index contributed by atoms with van der Waals surface area (Å²) in [7, 11) is 0. The molecular weight excluding hydrogens is 180 g/mol. The number of ether oxygens (including phenoxy) is 1. The lowest BCUT2D eigenvalue weighted by atomic mass is 10.1. The summed E-state index contributed by atoms with van der Waals surface area (Å²) in [6, 6.07) is 4.88. The molecule has 73 valence electrons. The molecule has 0 saturated carbocycles. The number of hydrogen-bond donors (Lipinski definition) is 1. The van der Waals surface area contributed by atoms with Crippen molar-refractivity contribution >= 4 is 17.3 Å². The van der Waals surface area contributed by atoms with Crippen LogP contribution in [-0.2, 0) is 4.79 Å². The molecule has 0 aromatic heterocycles. The molecule has 0 fully saturated rings. The molecule has 2 N–H and O–H groups in total. The summed E-state index contributed by atoms with van der Waals surface area (Å²) >= 11 is 0. The first-order chi connectivity index (χ1) is 6.49. The average Bonchev–Trinajstić information content (AvgIpc) is 2.07. The highest BCUT2D eigenvalue weighted by Crippen LogP contribution is 2.34.